The molecule has 2 N–H and O–H groups in total. The van der Waals surface area contributed by atoms with Crippen molar-refractivity contribution in [3.63, 3.8) is 0 Å². The van der Waals surface area contributed by atoms with E-state index < -0.39 is 0 Å². The third-order valence-corrected chi connectivity index (χ3v) is 1.51. The number of H-pyrrole nitrogens is 1. The van der Waals surface area contributed by atoms with Gasteiger partial charge in [0, 0.05) is 6.42 Å². The zero-order valence-electron chi connectivity index (χ0n) is 7.80. The molecular weight excluding hydrogens is 190 g/mol. The Kier molecular flexibility index (Phi) is 5.14. The van der Waals surface area contributed by atoms with Crippen molar-refractivity contribution in [3.8, 4) is 0 Å². The fraction of sp³-hybridized carbons (Fsp3) is 0.500. The Hall–Kier alpha value is -1.03. The first kappa shape index (κ1) is 12.0. The molecular formula is C8H14ClN3O. The van der Waals surface area contributed by atoms with Crippen molar-refractivity contribution in [1.29, 1.82) is 0 Å². The quantitative estimate of drug-likeness (QED) is 0.528. The van der Waals surface area contributed by atoms with Crippen molar-refractivity contribution in [2.75, 3.05) is 5.32 Å². The third kappa shape index (κ3) is 3.94. The van der Waals surface area contributed by atoms with Gasteiger partial charge in [-0.25, -0.2) is 9.55 Å². The number of carbonyl (C=O) groups is 1. The molecule has 1 heterocycles. The number of aromatic nitrogens is 2. The molecule has 13 heavy (non-hydrogen) atoms. The maximum Gasteiger partial charge on any atom is 0.243 e. The van der Waals surface area contributed by atoms with Gasteiger partial charge in [-0.2, -0.15) is 0 Å². The number of nitrogens with zero attached hydrogens (tertiary/aromatic N) is 1. The Morgan fingerprint density at radius 1 is 1.69 bits per heavy atom. The van der Waals surface area contributed by atoms with Crippen LogP contribution in [0.1, 0.15) is 19.8 Å². The van der Waals surface area contributed by atoms with Crippen molar-refractivity contribution in [3.05, 3.63) is 12.5 Å². The monoisotopic (exact) mass is 203 g/mol. The number of amides is 1. The molecule has 0 spiro atoms. The maximum atomic E-state index is 11.1. The fourth-order valence-corrected chi connectivity index (χ4v) is 0.958. The summed E-state index contributed by atoms with van der Waals surface area (Å²) in [5, 5.41) is 2.75. The summed E-state index contributed by atoms with van der Waals surface area (Å²) in [7, 11) is 1.89. The molecule has 0 aliphatic heterocycles. The van der Waals surface area contributed by atoms with Gasteiger partial charge >= 0.3 is 0 Å². The highest BCUT2D eigenvalue weighted by molar-refractivity contribution is 5.89. The molecule has 0 radical (unpaired) electrons. The highest BCUT2D eigenvalue weighted by Crippen LogP contribution is 1.98. The number of carbonyl (C=O) groups excluding carboxylic acids is 1. The van der Waals surface area contributed by atoms with Gasteiger partial charge in [-0.1, -0.05) is 6.92 Å². The average molecular weight is 204 g/mol. The van der Waals surface area contributed by atoms with Gasteiger partial charge in [0.25, 0.3) is 0 Å². The molecule has 1 aromatic heterocycles. The van der Waals surface area contributed by atoms with E-state index in [-0.39, 0.29) is 18.3 Å². The number of imidazole rings is 1. The predicted molar refractivity (Wildman–Crippen MR) is 45.5 cm³/mol. The smallest absolute Gasteiger partial charge is 0.243 e. The van der Waals surface area contributed by atoms with Gasteiger partial charge in [0.15, 0.2) is 6.20 Å². The van der Waals surface area contributed by atoms with Crippen LogP contribution < -0.4 is 22.3 Å². The van der Waals surface area contributed by atoms with Crippen LogP contribution in [0.5, 0.6) is 0 Å². The largest absolute Gasteiger partial charge is 1.00 e. The molecule has 4 nitrogen and oxygen atoms in total. The molecule has 0 aliphatic rings. The Labute approximate surface area is 83.8 Å². The van der Waals surface area contributed by atoms with Crippen LogP contribution in [0.15, 0.2) is 12.5 Å². The number of rotatable bonds is 3. The lowest BCUT2D eigenvalue weighted by molar-refractivity contribution is -0.669. The number of hydrogen-bond acceptors (Lipinski definition) is 1. The lowest BCUT2D eigenvalue weighted by Gasteiger charge is -1.95. The van der Waals surface area contributed by atoms with E-state index in [4.69, 9.17) is 0 Å². The minimum atomic E-state index is 0. The summed E-state index contributed by atoms with van der Waals surface area (Å²) in [4.78, 5) is 14.0. The fourth-order valence-electron chi connectivity index (χ4n) is 0.958. The summed E-state index contributed by atoms with van der Waals surface area (Å²) in [5.74, 6) is 0.802. The average Bonchev–Trinajstić information content (AvgIpc) is 2.36. The standard InChI is InChI=1S/C8H13N3O.ClH/c1-3-4-8(12)10-7-5-11(2)6-9-7;/h5-6H,3-4H2,1-2H3,(H,10,12);1H. The number of aromatic amines is 1. The number of anilines is 1. The molecule has 1 rings (SSSR count). The van der Waals surface area contributed by atoms with E-state index in [9.17, 15) is 4.79 Å². The lowest BCUT2D eigenvalue weighted by Crippen LogP contribution is -3.00. The van der Waals surface area contributed by atoms with E-state index in [2.05, 4.69) is 10.3 Å². The van der Waals surface area contributed by atoms with Crippen LogP contribution in [0.2, 0.25) is 0 Å². The van der Waals surface area contributed by atoms with Gasteiger partial charge in [0.2, 0.25) is 18.1 Å². The van der Waals surface area contributed by atoms with E-state index in [0.717, 1.165) is 12.2 Å². The molecule has 0 saturated heterocycles. The number of nitrogens with one attached hydrogen (secondary N) is 2. The van der Waals surface area contributed by atoms with Crippen molar-refractivity contribution < 1.29 is 21.8 Å². The zero-order valence-corrected chi connectivity index (χ0v) is 8.56. The van der Waals surface area contributed by atoms with Gasteiger partial charge in [-0.3, -0.25) is 10.1 Å². The topological polar surface area (TPSA) is 48.8 Å². The van der Waals surface area contributed by atoms with Crippen molar-refractivity contribution in [1.82, 2.24) is 4.98 Å². The SMILES string of the molecule is CCCC(=O)Nc1c[n+](C)c[nH]1.[Cl-]. The second-order valence-corrected chi connectivity index (χ2v) is 2.78. The van der Waals surface area contributed by atoms with Crippen LogP contribution in [0, 0.1) is 0 Å². The summed E-state index contributed by atoms with van der Waals surface area (Å²) >= 11 is 0. The molecule has 0 unspecified atom stereocenters. The number of hydrogen-bond donors (Lipinski definition) is 2. The van der Waals surface area contributed by atoms with Crippen molar-refractivity contribution in [2.45, 2.75) is 19.8 Å². The van der Waals surface area contributed by atoms with Crippen molar-refractivity contribution in [2.24, 2.45) is 7.05 Å². The molecule has 0 aromatic carbocycles. The molecule has 0 bridgehead atoms. The molecule has 74 valence electrons. The number of halogens is 1. The molecule has 0 fully saturated rings. The Morgan fingerprint density at radius 3 is 2.85 bits per heavy atom. The zero-order chi connectivity index (χ0) is 8.97. The molecule has 5 heteroatoms. The van der Waals surface area contributed by atoms with E-state index in [1.54, 1.807) is 6.33 Å². The Morgan fingerprint density at radius 2 is 2.38 bits per heavy atom. The predicted octanol–water partition coefficient (Wildman–Crippen LogP) is -2.42. The summed E-state index contributed by atoms with van der Waals surface area (Å²) in [6.45, 7) is 1.98. The highest BCUT2D eigenvalue weighted by Gasteiger charge is 2.05. The minimum Gasteiger partial charge on any atom is -1.00 e. The van der Waals surface area contributed by atoms with Crippen LogP contribution in [-0.4, -0.2) is 10.9 Å². The second-order valence-electron chi connectivity index (χ2n) is 2.78. The van der Waals surface area contributed by atoms with Crippen LogP contribution >= 0.6 is 0 Å². The first-order valence-corrected chi connectivity index (χ1v) is 4.06. The molecule has 0 saturated carbocycles. The van der Waals surface area contributed by atoms with Gasteiger partial charge < -0.3 is 12.4 Å². The molecule has 1 aromatic rings. The summed E-state index contributed by atoms with van der Waals surface area (Å²) < 4.78 is 1.85. The minimum absolute atomic E-state index is 0. The van der Waals surface area contributed by atoms with Gasteiger partial charge in [-0.15, -0.1) is 0 Å². The van der Waals surface area contributed by atoms with E-state index in [1.165, 1.54) is 0 Å². The van der Waals surface area contributed by atoms with E-state index in [1.807, 2.05) is 24.7 Å². The molecule has 0 atom stereocenters. The third-order valence-electron chi connectivity index (χ3n) is 1.51. The molecule has 1 amide bonds. The van der Waals surface area contributed by atoms with E-state index in [0.29, 0.717) is 6.42 Å². The second kappa shape index (κ2) is 5.59. The summed E-state index contributed by atoms with van der Waals surface area (Å²) in [6, 6.07) is 0. The van der Waals surface area contributed by atoms with Crippen LogP contribution in [0.3, 0.4) is 0 Å². The highest BCUT2D eigenvalue weighted by atomic mass is 35.5. The van der Waals surface area contributed by atoms with Gasteiger partial charge in [0.1, 0.15) is 0 Å². The summed E-state index contributed by atoms with van der Waals surface area (Å²) in [6.07, 6.45) is 5.05. The first-order chi connectivity index (χ1) is 5.72. The van der Waals surface area contributed by atoms with Crippen LogP contribution in [-0.2, 0) is 11.8 Å². The van der Waals surface area contributed by atoms with E-state index >= 15 is 0 Å². The normalized spacial score (nSPS) is 9.08. The molecule has 0 aliphatic carbocycles. The van der Waals surface area contributed by atoms with Crippen molar-refractivity contribution >= 4 is 11.7 Å². The first-order valence-electron chi connectivity index (χ1n) is 4.06. The Bertz CT molecular complexity index is 272. The Balaban J connectivity index is 0.00000144. The maximum absolute atomic E-state index is 11.1. The number of aryl methyl sites for hydroxylation is 1. The lowest BCUT2D eigenvalue weighted by atomic mass is 10.3. The van der Waals surface area contributed by atoms with Crippen LogP contribution in [0.25, 0.3) is 0 Å². The van der Waals surface area contributed by atoms with Gasteiger partial charge in [0.05, 0.1) is 7.05 Å². The van der Waals surface area contributed by atoms with Gasteiger partial charge in [-0.05, 0) is 6.42 Å². The van der Waals surface area contributed by atoms with Crippen LogP contribution in [0.4, 0.5) is 5.82 Å². The summed E-state index contributed by atoms with van der Waals surface area (Å²) in [5.41, 5.74) is 0.